The highest BCUT2D eigenvalue weighted by Crippen LogP contribution is 2.26. The molecule has 0 bridgehead atoms. The zero-order valence-corrected chi connectivity index (χ0v) is 20.2. The molecular weight excluding hydrogens is 488 g/mol. The van der Waals surface area contributed by atoms with Gasteiger partial charge in [-0.1, -0.05) is 0 Å². The minimum absolute atomic E-state index is 0.105. The molecule has 1 aliphatic heterocycles. The minimum atomic E-state index is -3.51. The number of nitro groups is 1. The van der Waals surface area contributed by atoms with Gasteiger partial charge in [0.25, 0.3) is 5.69 Å². The highest BCUT2D eigenvalue weighted by molar-refractivity contribution is 7.90. The first-order chi connectivity index (χ1) is 16.5. The molecule has 1 N–H and O–H groups in total. The zero-order chi connectivity index (χ0) is 26.0. The minimum Gasteiger partial charge on any atom is -0.460 e. The fraction of sp³-hybridized carbons (Fsp3) is 0.571. The summed E-state index contributed by atoms with van der Waals surface area (Å²) in [7, 11) is -2.02. The number of Topliss-reactive ketones (excluding diaryl/α,β-unsaturated/α-hetero) is 1. The smallest absolute Gasteiger partial charge is 0.313 e. The van der Waals surface area contributed by atoms with E-state index in [-0.39, 0.29) is 32.1 Å². The van der Waals surface area contributed by atoms with Crippen LogP contribution in [0, 0.1) is 16.0 Å². The highest BCUT2D eigenvalue weighted by Gasteiger charge is 2.47. The number of benzene rings is 1. The number of nitro benzene ring substituents is 1. The maximum atomic E-state index is 12.4. The van der Waals surface area contributed by atoms with Crippen molar-refractivity contribution < 1.29 is 46.7 Å². The van der Waals surface area contributed by atoms with Crippen LogP contribution in [0.1, 0.15) is 18.4 Å². The molecule has 2 rings (SSSR count). The van der Waals surface area contributed by atoms with Gasteiger partial charge in [0.2, 0.25) is 5.91 Å². The Morgan fingerprint density at radius 3 is 2.46 bits per heavy atom. The molecule has 0 aliphatic carbocycles. The Morgan fingerprint density at radius 2 is 1.89 bits per heavy atom. The monoisotopic (exact) mass is 516 g/mol. The average Bonchev–Trinajstić information content (AvgIpc) is 2.76. The number of sulfone groups is 1. The lowest BCUT2D eigenvalue weighted by molar-refractivity contribution is -0.384. The predicted molar refractivity (Wildman–Crippen MR) is 120 cm³/mol. The molecule has 0 saturated carbocycles. The molecule has 1 amide bonds. The van der Waals surface area contributed by atoms with Crippen molar-refractivity contribution in [3.05, 3.63) is 39.9 Å². The number of methoxy groups -OCH3 is 1. The van der Waals surface area contributed by atoms with Crippen molar-refractivity contribution in [1.29, 1.82) is 0 Å². The second-order valence-electron chi connectivity index (χ2n) is 7.96. The number of β-lactam (4-membered cyclic amide) rings is 1. The van der Waals surface area contributed by atoms with Crippen molar-refractivity contribution in [2.75, 3.05) is 39.1 Å². The number of non-ortho nitro benzene ring substituents is 1. The van der Waals surface area contributed by atoms with Crippen LogP contribution >= 0.6 is 0 Å². The zero-order valence-electron chi connectivity index (χ0n) is 19.3. The summed E-state index contributed by atoms with van der Waals surface area (Å²) in [5.41, 5.74) is 0.406. The topological polar surface area (TPSA) is 177 Å². The largest absolute Gasteiger partial charge is 0.460 e. The summed E-state index contributed by atoms with van der Waals surface area (Å²) in [6.07, 6.45) is -0.790. The van der Waals surface area contributed by atoms with Crippen molar-refractivity contribution >= 4 is 33.2 Å². The predicted octanol–water partition coefficient (Wildman–Crippen LogP) is 0.152. The SMILES string of the molecule is COCCOCOC(CS(C)(=O)=O)[C@@H]1C(=O)N[C@@H]1CC(=O)CC(=O)OCc1ccc([N+](=O)[O-])cc1. The lowest BCUT2D eigenvalue weighted by Gasteiger charge is -2.40. The van der Waals surface area contributed by atoms with Crippen LogP contribution in [-0.4, -0.2) is 82.3 Å². The Labute approximate surface area is 202 Å². The van der Waals surface area contributed by atoms with Crippen LogP contribution in [0.2, 0.25) is 0 Å². The molecule has 0 spiro atoms. The number of esters is 1. The van der Waals surface area contributed by atoms with Crippen LogP contribution in [0.3, 0.4) is 0 Å². The molecule has 194 valence electrons. The lowest BCUT2D eigenvalue weighted by Crippen LogP contribution is -2.64. The number of amides is 1. The van der Waals surface area contributed by atoms with E-state index in [0.717, 1.165) is 6.26 Å². The molecule has 1 fully saturated rings. The molecule has 1 unspecified atom stereocenters. The molecule has 3 atom stereocenters. The Balaban J connectivity index is 1.86. The van der Waals surface area contributed by atoms with Crippen molar-refractivity contribution in [1.82, 2.24) is 5.32 Å². The van der Waals surface area contributed by atoms with Crippen LogP contribution in [0.25, 0.3) is 0 Å². The molecule has 0 radical (unpaired) electrons. The number of carbonyl (C=O) groups is 3. The van der Waals surface area contributed by atoms with E-state index in [1.54, 1.807) is 0 Å². The summed E-state index contributed by atoms with van der Waals surface area (Å²) >= 11 is 0. The molecule has 14 heteroatoms. The number of carbonyl (C=O) groups excluding carboxylic acids is 3. The molecule has 1 aliphatic rings. The molecule has 13 nitrogen and oxygen atoms in total. The summed E-state index contributed by atoms with van der Waals surface area (Å²) in [6, 6.07) is 4.70. The maximum Gasteiger partial charge on any atom is 0.313 e. The van der Waals surface area contributed by atoms with Gasteiger partial charge in [-0.2, -0.15) is 0 Å². The standard InChI is InChI=1S/C21H28N2O11S/c1-31-7-8-32-13-34-18(12-35(2,29)30)20-17(22-21(20)26)9-16(24)10-19(25)33-11-14-3-5-15(6-4-14)23(27)28/h3-6,17-18,20H,7-13H2,1-2H3,(H,22,26)/t17-,18?,20-/m1/s1. The lowest BCUT2D eigenvalue weighted by atomic mass is 9.82. The number of ketones is 1. The van der Waals surface area contributed by atoms with E-state index in [0.29, 0.717) is 12.2 Å². The first kappa shape index (κ1) is 28.3. The van der Waals surface area contributed by atoms with E-state index in [1.165, 1.54) is 31.4 Å². The number of hydrogen-bond donors (Lipinski definition) is 1. The average molecular weight is 517 g/mol. The molecule has 1 heterocycles. The fourth-order valence-electron chi connectivity index (χ4n) is 3.36. The number of ether oxygens (including phenoxy) is 4. The third-order valence-electron chi connectivity index (χ3n) is 5.06. The first-order valence-electron chi connectivity index (χ1n) is 10.6. The Bertz CT molecular complexity index is 1010. The Kier molecular flexibility index (Phi) is 10.7. The van der Waals surface area contributed by atoms with Gasteiger partial charge in [0.15, 0.2) is 0 Å². The van der Waals surface area contributed by atoms with Crippen LogP contribution in [0.15, 0.2) is 24.3 Å². The quantitative estimate of drug-likeness (QED) is 0.0601. The van der Waals surface area contributed by atoms with Crippen molar-refractivity contribution in [2.24, 2.45) is 5.92 Å². The summed E-state index contributed by atoms with van der Waals surface area (Å²) in [6.45, 7) is 0.0908. The van der Waals surface area contributed by atoms with Gasteiger partial charge in [0, 0.05) is 38.0 Å². The van der Waals surface area contributed by atoms with E-state index in [1.807, 2.05) is 0 Å². The van der Waals surface area contributed by atoms with Crippen molar-refractivity contribution in [3.8, 4) is 0 Å². The Hall–Kier alpha value is -2.94. The summed E-state index contributed by atoms with van der Waals surface area (Å²) in [5.74, 6) is -3.13. The summed E-state index contributed by atoms with van der Waals surface area (Å²) in [5, 5.41) is 13.2. The van der Waals surface area contributed by atoms with E-state index in [4.69, 9.17) is 18.9 Å². The second kappa shape index (κ2) is 13.2. The van der Waals surface area contributed by atoms with Gasteiger partial charge in [0.1, 0.15) is 35.4 Å². The van der Waals surface area contributed by atoms with E-state index < -0.39 is 62.7 Å². The third kappa shape index (κ3) is 9.68. The van der Waals surface area contributed by atoms with Crippen molar-refractivity contribution in [3.63, 3.8) is 0 Å². The van der Waals surface area contributed by atoms with Crippen LogP contribution in [0.4, 0.5) is 5.69 Å². The maximum absolute atomic E-state index is 12.4. The molecular formula is C21H28N2O11S. The summed E-state index contributed by atoms with van der Waals surface area (Å²) in [4.78, 5) is 46.6. The van der Waals surface area contributed by atoms with Gasteiger partial charge >= 0.3 is 5.97 Å². The first-order valence-corrected chi connectivity index (χ1v) is 12.6. The molecule has 1 aromatic rings. The number of rotatable bonds is 16. The van der Waals surface area contributed by atoms with Crippen LogP contribution < -0.4 is 5.32 Å². The van der Waals surface area contributed by atoms with Crippen molar-refractivity contribution in [2.45, 2.75) is 31.6 Å². The van der Waals surface area contributed by atoms with Gasteiger partial charge < -0.3 is 24.3 Å². The normalized spacial score (nSPS) is 18.3. The van der Waals surface area contributed by atoms with Crippen LogP contribution in [0.5, 0.6) is 0 Å². The molecule has 1 aromatic carbocycles. The van der Waals surface area contributed by atoms with Gasteiger partial charge in [-0.15, -0.1) is 0 Å². The van der Waals surface area contributed by atoms with Gasteiger partial charge in [-0.05, 0) is 17.7 Å². The van der Waals surface area contributed by atoms with Gasteiger partial charge in [-0.3, -0.25) is 24.5 Å². The fourth-order valence-corrected chi connectivity index (χ4v) is 4.26. The molecule has 0 aromatic heterocycles. The van der Waals surface area contributed by atoms with E-state index in [9.17, 15) is 32.9 Å². The number of nitrogens with zero attached hydrogens (tertiary/aromatic N) is 1. The van der Waals surface area contributed by atoms with E-state index in [2.05, 4.69) is 5.32 Å². The number of hydrogen-bond acceptors (Lipinski definition) is 11. The summed E-state index contributed by atoms with van der Waals surface area (Å²) < 4.78 is 44.2. The third-order valence-corrected chi connectivity index (χ3v) is 6.00. The van der Waals surface area contributed by atoms with Gasteiger partial charge in [0.05, 0.1) is 35.9 Å². The Morgan fingerprint density at radius 1 is 1.20 bits per heavy atom. The molecule has 1 saturated heterocycles. The van der Waals surface area contributed by atoms with Gasteiger partial charge in [-0.25, -0.2) is 8.42 Å². The number of nitrogens with one attached hydrogen (secondary N) is 1. The highest BCUT2D eigenvalue weighted by atomic mass is 32.2. The van der Waals surface area contributed by atoms with E-state index >= 15 is 0 Å². The second-order valence-corrected chi connectivity index (χ2v) is 10.1. The van der Waals surface area contributed by atoms with Crippen LogP contribution in [-0.2, 0) is 49.8 Å². The molecule has 35 heavy (non-hydrogen) atoms.